The normalized spacial score (nSPS) is 53.4. The molecular weight excluding hydrogens is 512 g/mol. The molecule has 216 valence electrons. The standard InChI is InChI=1S/C20H34O17/c21-1-6-9(23)14(28)20(34-6)37-16-5(22)2-32-19(15(16)29)36-8-4-33-18(13(27)11(8)25)35-7-3-31-17(30)12(26)10(7)24/h5-30H,1-4H2. The van der Waals surface area contributed by atoms with E-state index in [0.717, 1.165) is 0 Å². The second kappa shape index (κ2) is 12.2. The number of aliphatic hydroxyl groups is 10. The van der Waals surface area contributed by atoms with Gasteiger partial charge >= 0.3 is 0 Å². The molecule has 0 aromatic carbocycles. The number of hydrogen-bond acceptors (Lipinski definition) is 17. The highest BCUT2D eigenvalue weighted by Gasteiger charge is 2.50. The van der Waals surface area contributed by atoms with E-state index in [-0.39, 0.29) is 13.2 Å². The van der Waals surface area contributed by atoms with Crippen molar-refractivity contribution < 1.29 is 84.2 Å². The lowest BCUT2D eigenvalue weighted by Crippen LogP contribution is -2.62. The van der Waals surface area contributed by atoms with Crippen molar-refractivity contribution in [3.05, 3.63) is 0 Å². The average molecular weight is 546 g/mol. The Labute approximate surface area is 209 Å². The maximum absolute atomic E-state index is 10.7. The molecule has 16 unspecified atom stereocenters. The summed E-state index contributed by atoms with van der Waals surface area (Å²) in [6, 6.07) is 0. The van der Waals surface area contributed by atoms with Crippen LogP contribution in [0.5, 0.6) is 0 Å². The Morgan fingerprint density at radius 3 is 1.70 bits per heavy atom. The van der Waals surface area contributed by atoms with E-state index >= 15 is 0 Å². The van der Waals surface area contributed by atoms with Gasteiger partial charge in [0.25, 0.3) is 0 Å². The third-order valence-corrected chi connectivity index (χ3v) is 6.72. The van der Waals surface area contributed by atoms with Gasteiger partial charge in [-0.25, -0.2) is 0 Å². The monoisotopic (exact) mass is 546 g/mol. The Bertz CT molecular complexity index is 731. The quantitative estimate of drug-likeness (QED) is 0.142. The van der Waals surface area contributed by atoms with Crippen molar-refractivity contribution in [3.63, 3.8) is 0 Å². The Balaban J connectivity index is 1.32. The molecule has 0 spiro atoms. The summed E-state index contributed by atoms with van der Waals surface area (Å²) in [6.45, 7) is -1.71. The second-order valence-corrected chi connectivity index (χ2v) is 9.30. The molecule has 0 bridgehead atoms. The molecule has 17 heteroatoms. The van der Waals surface area contributed by atoms with Crippen molar-refractivity contribution in [2.24, 2.45) is 0 Å². The van der Waals surface area contributed by atoms with Crippen molar-refractivity contribution in [2.75, 3.05) is 26.4 Å². The molecule has 4 aliphatic heterocycles. The average Bonchev–Trinajstić information content (AvgIpc) is 3.15. The van der Waals surface area contributed by atoms with Crippen LogP contribution in [0.1, 0.15) is 0 Å². The van der Waals surface area contributed by atoms with Gasteiger partial charge in [0.15, 0.2) is 25.2 Å². The Kier molecular flexibility index (Phi) is 9.69. The molecule has 4 heterocycles. The first kappa shape index (κ1) is 29.3. The SMILES string of the molecule is OCC1OC(OC2C(O)COC(OC3COC(OC4COC(O)C(O)C4O)C(O)C3O)C2O)C(O)C1O. The number of ether oxygens (including phenoxy) is 7. The molecule has 4 saturated heterocycles. The van der Waals surface area contributed by atoms with Gasteiger partial charge in [-0.15, -0.1) is 0 Å². The zero-order valence-corrected chi connectivity index (χ0v) is 19.4. The van der Waals surface area contributed by atoms with Crippen molar-refractivity contribution in [1.29, 1.82) is 0 Å². The molecular formula is C20H34O17. The van der Waals surface area contributed by atoms with Crippen LogP contribution in [0.25, 0.3) is 0 Å². The van der Waals surface area contributed by atoms with E-state index in [9.17, 15) is 51.1 Å². The highest BCUT2D eigenvalue weighted by molar-refractivity contribution is 4.92. The number of aliphatic hydroxyl groups excluding tert-OH is 10. The second-order valence-electron chi connectivity index (χ2n) is 9.30. The largest absolute Gasteiger partial charge is 0.394 e. The van der Waals surface area contributed by atoms with Gasteiger partial charge in [-0.3, -0.25) is 0 Å². The van der Waals surface area contributed by atoms with Crippen LogP contribution >= 0.6 is 0 Å². The summed E-state index contributed by atoms with van der Waals surface area (Å²) in [6.07, 6.45) is -23.8. The summed E-state index contributed by atoms with van der Waals surface area (Å²) in [7, 11) is 0. The summed E-state index contributed by atoms with van der Waals surface area (Å²) < 4.78 is 37.1. The maximum Gasteiger partial charge on any atom is 0.187 e. The maximum atomic E-state index is 10.7. The molecule has 0 aromatic rings. The first-order chi connectivity index (χ1) is 17.5. The summed E-state index contributed by atoms with van der Waals surface area (Å²) >= 11 is 0. The van der Waals surface area contributed by atoms with Crippen LogP contribution in [0.4, 0.5) is 0 Å². The zero-order valence-electron chi connectivity index (χ0n) is 19.4. The molecule has 0 saturated carbocycles. The highest BCUT2D eigenvalue weighted by atomic mass is 16.8. The van der Waals surface area contributed by atoms with E-state index in [1.807, 2.05) is 0 Å². The van der Waals surface area contributed by atoms with E-state index in [1.165, 1.54) is 0 Å². The van der Waals surface area contributed by atoms with E-state index in [1.54, 1.807) is 0 Å². The Morgan fingerprint density at radius 2 is 1.08 bits per heavy atom. The fraction of sp³-hybridized carbons (Fsp3) is 1.00. The van der Waals surface area contributed by atoms with Crippen LogP contribution in [-0.2, 0) is 33.2 Å². The van der Waals surface area contributed by atoms with Gasteiger partial charge in [0.2, 0.25) is 0 Å². The minimum absolute atomic E-state index is 0.330. The van der Waals surface area contributed by atoms with Gasteiger partial charge in [0.05, 0.1) is 26.4 Å². The topological polar surface area (TPSA) is 267 Å². The van der Waals surface area contributed by atoms with Gasteiger partial charge in [-0.2, -0.15) is 0 Å². The lowest BCUT2D eigenvalue weighted by atomic mass is 10.0. The molecule has 0 radical (unpaired) electrons. The minimum atomic E-state index is -1.72. The van der Waals surface area contributed by atoms with Crippen molar-refractivity contribution in [3.8, 4) is 0 Å². The Hall–Kier alpha value is -0.680. The van der Waals surface area contributed by atoms with Crippen molar-refractivity contribution in [2.45, 2.75) is 98.4 Å². The van der Waals surface area contributed by atoms with Crippen LogP contribution in [0.15, 0.2) is 0 Å². The van der Waals surface area contributed by atoms with Gasteiger partial charge in [0.1, 0.15) is 73.2 Å². The van der Waals surface area contributed by atoms with Crippen LogP contribution in [0, 0.1) is 0 Å². The molecule has 0 aliphatic carbocycles. The molecule has 4 fully saturated rings. The predicted molar refractivity (Wildman–Crippen MR) is 110 cm³/mol. The lowest BCUT2D eigenvalue weighted by molar-refractivity contribution is -0.353. The van der Waals surface area contributed by atoms with Crippen molar-refractivity contribution >= 4 is 0 Å². The molecule has 16 atom stereocenters. The summed E-state index contributed by atoms with van der Waals surface area (Å²) in [4.78, 5) is 0. The van der Waals surface area contributed by atoms with E-state index in [2.05, 4.69) is 0 Å². The van der Waals surface area contributed by atoms with Crippen LogP contribution in [0.2, 0.25) is 0 Å². The van der Waals surface area contributed by atoms with Crippen LogP contribution < -0.4 is 0 Å². The third-order valence-electron chi connectivity index (χ3n) is 6.72. The third kappa shape index (κ3) is 6.08. The number of hydrogen-bond donors (Lipinski definition) is 10. The first-order valence-electron chi connectivity index (χ1n) is 11.7. The van der Waals surface area contributed by atoms with Gasteiger partial charge < -0.3 is 84.2 Å². The molecule has 0 amide bonds. The highest BCUT2D eigenvalue weighted by Crippen LogP contribution is 2.30. The fourth-order valence-corrected chi connectivity index (χ4v) is 4.44. The lowest BCUT2D eigenvalue weighted by Gasteiger charge is -2.44. The fourth-order valence-electron chi connectivity index (χ4n) is 4.44. The van der Waals surface area contributed by atoms with E-state index < -0.39 is 112 Å². The molecule has 0 aromatic heterocycles. The molecule has 10 N–H and O–H groups in total. The summed E-state index contributed by atoms with van der Waals surface area (Å²) in [5, 5.41) is 100. The van der Waals surface area contributed by atoms with E-state index in [0.29, 0.717) is 0 Å². The minimum Gasteiger partial charge on any atom is -0.394 e. The molecule has 37 heavy (non-hydrogen) atoms. The smallest absolute Gasteiger partial charge is 0.187 e. The predicted octanol–water partition coefficient (Wildman–Crippen LogP) is -7.19. The van der Waals surface area contributed by atoms with Gasteiger partial charge in [0, 0.05) is 0 Å². The van der Waals surface area contributed by atoms with Gasteiger partial charge in [-0.1, -0.05) is 0 Å². The van der Waals surface area contributed by atoms with Crippen LogP contribution in [0.3, 0.4) is 0 Å². The molecule has 17 nitrogen and oxygen atoms in total. The molecule has 4 aliphatic rings. The first-order valence-corrected chi connectivity index (χ1v) is 11.7. The van der Waals surface area contributed by atoms with Gasteiger partial charge in [-0.05, 0) is 0 Å². The summed E-state index contributed by atoms with van der Waals surface area (Å²) in [5.41, 5.74) is 0. The van der Waals surface area contributed by atoms with Crippen molar-refractivity contribution in [1.82, 2.24) is 0 Å². The summed E-state index contributed by atoms with van der Waals surface area (Å²) in [5.74, 6) is 0. The van der Waals surface area contributed by atoms with Crippen LogP contribution in [-0.4, -0.2) is 176 Å². The van der Waals surface area contributed by atoms with E-state index in [4.69, 9.17) is 33.2 Å². The number of rotatable bonds is 7. The zero-order chi connectivity index (χ0) is 27.0. The Morgan fingerprint density at radius 1 is 0.541 bits per heavy atom. The molecule has 4 rings (SSSR count).